The third kappa shape index (κ3) is 5.32. The fourth-order valence-corrected chi connectivity index (χ4v) is 3.84. The highest BCUT2D eigenvalue weighted by atomic mass is 35.5. The van der Waals surface area contributed by atoms with Crippen molar-refractivity contribution in [2.45, 2.75) is 11.3 Å². The zero-order chi connectivity index (χ0) is 20.9. The van der Waals surface area contributed by atoms with Gasteiger partial charge < -0.3 is 4.74 Å². The summed E-state index contributed by atoms with van der Waals surface area (Å²) in [4.78, 5) is 10.6. The van der Waals surface area contributed by atoms with E-state index in [1.54, 1.807) is 0 Å². The molecule has 1 N–H and O–H groups in total. The molecule has 7 nitrogen and oxygen atoms in total. The third-order valence-corrected chi connectivity index (χ3v) is 5.82. The first-order valence-electron chi connectivity index (χ1n) is 8.61. The lowest BCUT2D eigenvalue weighted by molar-refractivity contribution is -0.385. The first kappa shape index (κ1) is 20.8. The van der Waals surface area contributed by atoms with Crippen LogP contribution in [0.4, 0.5) is 5.69 Å². The number of para-hydroxylation sites is 1. The van der Waals surface area contributed by atoms with Gasteiger partial charge in [0, 0.05) is 12.6 Å². The van der Waals surface area contributed by atoms with Gasteiger partial charge in [0.15, 0.2) is 0 Å². The normalized spacial score (nSPS) is 11.2. The van der Waals surface area contributed by atoms with E-state index in [0.29, 0.717) is 6.42 Å². The Labute approximate surface area is 173 Å². The van der Waals surface area contributed by atoms with E-state index in [4.69, 9.17) is 16.3 Å². The molecule has 0 unspecified atom stereocenters. The molecule has 0 spiro atoms. The van der Waals surface area contributed by atoms with Crippen molar-refractivity contribution in [2.75, 3.05) is 6.54 Å². The second-order valence-corrected chi connectivity index (χ2v) is 8.23. The van der Waals surface area contributed by atoms with Crippen LogP contribution in [0, 0.1) is 10.1 Å². The average Bonchev–Trinajstić information content (AvgIpc) is 2.70. The number of nitro benzene ring substituents is 1. The maximum atomic E-state index is 12.4. The number of sulfonamides is 1. The molecule has 3 aromatic carbocycles. The lowest BCUT2D eigenvalue weighted by atomic mass is 10.2. The van der Waals surface area contributed by atoms with E-state index >= 15 is 0 Å². The second kappa shape index (κ2) is 9.04. The standard InChI is InChI=1S/C20H17ClN2O5S/c21-18-7-4-8-19(23(24)25)20(18)28-16-9-11-17(12-10-16)29(26,27)22-14-13-15-5-2-1-3-6-15/h1-12,22H,13-14H2. The summed E-state index contributed by atoms with van der Waals surface area (Å²) in [6.07, 6.45) is 0.567. The van der Waals surface area contributed by atoms with Crippen molar-refractivity contribution in [3.63, 3.8) is 0 Å². The lowest BCUT2D eigenvalue weighted by Crippen LogP contribution is -2.25. The van der Waals surface area contributed by atoms with Crippen LogP contribution in [0.3, 0.4) is 0 Å². The quantitative estimate of drug-likeness (QED) is 0.415. The minimum atomic E-state index is -3.69. The number of nitrogens with one attached hydrogen (secondary N) is 1. The lowest BCUT2D eigenvalue weighted by Gasteiger charge is -2.10. The van der Waals surface area contributed by atoms with Gasteiger partial charge in [-0.3, -0.25) is 10.1 Å². The molecule has 29 heavy (non-hydrogen) atoms. The molecule has 0 saturated heterocycles. The van der Waals surface area contributed by atoms with Crippen LogP contribution in [0.25, 0.3) is 0 Å². The predicted octanol–water partition coefficient (Wildman–Crippen LogP) is 4.56. The molecule has 9 heteroatoms. The molecule has 0 saturated carbocycles. The van der Waals surface area contributed by atoms with Crippen molar-refractivity contribution in [3.05, 3.63) is 93.5 Å². The summed E-state index contributed by atoms with van der Waals surface area (Å²) in [6, 6.07) is 19.3. The van der Waals surface area contributed by atoms with Gasteiger partial charge in [0.25, 0.3) is 0 Å². The van der Waals surface area contributed by atoms with Gasteiger partial charge >= 0.3 is 5.69 Å². The molecule has 0 aliphatic heterocycles. The van der Waals surface area contributed by atoms with Crippen molar-refractivity contribution in [1.29, 1.82) is 0 Å². The van der Waals surface area contributed by atoms with Crippen LogP contribution >= 0.6 is 11.6 Å². The summed E-state index contributed by atoms with van der Waals surface area (Å²) >= 11 is 6.00. The summed E-state index contributed by atoms with van der Waals surface area (Å²) in [7, 11) is -3.69. The first-order chi connectivity index (χ1) is 13.9. The molecule has 0 atom stereocenters. The van der Waals surface area contributed by atoms with E-state index in [1.807, 2.05) is 30.3 Å². The van der Waals surface area contributed by atoms with Crippen LogP contribution in [0.1, 0.15) is 5.56 Å². The smallest absolute Gasteiger partial charge is 0.313 e. The van der Waals surface area contributed by atoms with E-state index in [1.165, 1.54) is 42.5 Å². The highest BCUT2D eigenvalue weighted by molar-refractivity contribution is 7.89. The van der Waals surface area contributed by atoms with Crippen LogP contribution in [-0.2, 0) is 16.4 Å². The molecule has 0 heterocycles. The van der Waals surface area contributed by atoms with Gasteiger partial charge in [-0.05, 0) is 42.3 Å². The molecule has 0 amide bonds. The van der Waals surface area contributed by atoms with Crippen LogP contribution in [0.5, 0.6) is 11.5 Å². The Balaban J connectivity index is 1.69. The highest BCUT2D eigenvalue weighted by Crippen LogP contribution is 2.37. The number of hydrogen-bond acceptors (Lipinski definition) is 5. The Morgan fingerprint density at radius 3 is 2.31 bits per heavy atom. The Morgan fingerprint density at radius 2 is 1.66 bits per heavy atom. The van der Waals surface area contributed by atoms with Gasteiger partial charge in [-0.15, -0.1) is 0 Å². The van der Waals surface area contributed by atoms with E-state index in [2.05, 4.69) is 4.72 Å². The molecule has 3 rings (SSSR count). The third-order valence-electron chi connectivity index (χ3n) is 4.05. The van der Waals surface area contributed by atoms with Crippen LogP contribution in [0.2, 0.25) is 5.02 Å². The van der Waals surface area contributed by atoms with Gasteiger partial charge in [0.1, 0.15) is 5.75 Å². The molecular formula is C20H17ClN2O5S. The van der Waals surface area contributed by atoms with E-state index in [0.717, 1.165) is 5.56 Å². The number of benzene rings is 3. The molecule has 0 aliphatic carbocycles. The van der Waals surface area contributed by atoms with Crippen molar-refractivity contribution < 1.29 is 18.1 Å². The minimum Gasteiger partial charge on any atom is -0.449 e. The van der Waals surface area contributed by atoms with Crippen LogP contribution < -0.4 is 9.46 Å². The van der Waals surface area contributed by atoms with E-state index < -0.39 is 14.9 Å². The molecule has 0 radical (unpaired) electrons. The first-order valence-corrected chi connectivity index (χ1v) is 10.5. The summed E-state index contributed by atoms with van der Waals surface area (Å²) in [5.74, 6) is 0.125. The predicted molar refractivity (Wildman–Crippen MR) is 110 cm³/mol. The Kier molecular flexibility index (Phi) is 6.48. The van der Waals surface area contributed by atoms with E-state index in [-0.39, 0.29) is 33.6 Å². The van der Waals surface area contributed by atoms with Gasteiger partial charge in [0.2, 0.25) is 15.8 Å². The molecule has 150 valence electrons. The molecular weight excluding hydrogens is 416 g/mol. The molecule has 3 aromatic rings. The molecule has 0 aromatic heterocycles. The van der Waals surface area contributed by atoms with Crippen molar-refractivity contribution in [2.24, 2.45) is 0 Å². The van der Waals surface area contributed by atoms with Gasteiger partial charge in [-0.2, -0.15) is 0 Å². The van der Waals surface area contributed by atoms with Gasteiger partial charge in [-0.25, -0.2) is 13.1 Å². The summed E-state index contributed by atoms with van der Waals surface area (Å²) in [5.41, 5.74) is 0.747. The monoisotopic (exact) mass is 432 g/mol. The number of nitrogens with zero attached hydrogens (tertiary/aromatic N) is 1. The topological polar surface area (TPSA) is 98.5 Å². The maximum Gasteiger partial charge on any atom is 0.313 e. The Morgan fingerprint density at radius 1 is 0.966 bits per heavy atom. The van der Waals surface area contributed by atoms with Crippen LogP contribution in [-0.4, -0.2) is 19.9 Å². The SMILES string of the molecule is O=[N+]([O-])c1cccc(Cl)c1Oc1ccc(S(=O)(=O)NCCc2ccccc2)cc1. The number of nitro groups is 1. The van der Waals surface area contributed by atoms with Gasteiger partial charge in [-0.1, -0.05) is 48.0 Å². The number of halogens is 1. The van der Waals surface area contributed by atoms with Crippen molar-refractivity contribution >= 4 is 27.3 Å². The average molecular weight is 433 g/mol. The maximum absolute atomic E-state index is 12.4. The molecule has 0 fully saturated rings. The zero-order valence-electron chi connectivity index (χ0n) is 15.1. The largest absolute Gasteiger partial charge is 0.449 e. The number of hydrogen-bond donors (Lipinski definition) is 1. The molecule has 0 bridgehead atoms. The fourth-order valence-electron chi connectivity index (χ4n) is 2.60. The van der Waals surface area contributed by atoms with Crippen molar-refractivity contribution in [3.8, 4) is 11.5 Å². The molecule has 0 aliphatic rings. The highest BCUT2D eigenvalue weighted by Gasteiger charge is 2.19. The zero-order valence-corrected chi connectivity index (χ0v) is 16.7. The summed E-state index contributed by atoms with van der Waals surface area (Å²) in [5, 5.41) is 11.2. The minimum absolute atomic E-state index is 0.0616. The van der Waals surface area contributed by atoms with Crippen molar-refractivity contribution in [1.82, 2.24) is 4.72 Å². The number of rotatable bonds is 8. The second-order valence-electron chi connectivity index (χ2n) is 6.05. The van der Waals surface area contributed by atoms with Gasteiger partial charge in [0.05, 0.1) is 14.8 Å². The summed E-state index contributed by atoms with van der Waals surface area (Å²) in [6.45, 7) is 0.260. The Bertz CT molecular complexity index is 1100. The van der Waals surface area contributed by atoms with E-state index in [9.17, 15) is 18.5 Å². The number of ether oxygens (including phenoxy) is 1. The Hall–Kier alpha value is -2.94. The van der Waals surface area contributed by atoms with Crippen LogP contribution in [0.15, 0.2) is 77.7 Å². The fraction of sp³-hybridized carbons (Fsp3) is 0.100. The summed E-state index contributed by atoms with van der Waals surface area (Å²) < 4.78 is 32.9.